The lowest BCUT2D eigenvalue weighted by Crippen LogP contribution is -2.32. The number of hydrogen-bond donors (Lipinski definition) is 1. The predicted octanol–water partition coefficient (Wildman–Crippen LogP) is 7.98. The Balaban J connectivity index is 0.000000239. The van der Waals surface area contributed by atoms with E-state index in [2.05, 4.69) is 72.8 Å². The van der Waals surface area contributed by atoms with Crippen molar-refractivity contribution in [2.24, 2.45) is 0 Å². The third-order valence-corrected chi connectivity index (χ3v) is 13.3. The van der Waals surface area contributed by atoms with Gasteiger partial charge in [-0.1, -0.05) is 108 Å². The molecule has 9 heteroatoms. The van der Waals surface area contributed by atoms with E-state index in [1.165, 1.54) is 28.0 Å². The van der Waals surface area contributed by atoms with Gasteiger partial charge in [-0.15, -0.1) is 0 Å². The Hall–Kier alpha value is -4.36. The molecule has 0 amide bonds. The van der Waals surface area contributed by atoms with E-state index in [1.54, 1.807) is 12.1 Å². The van der Waals surface area contributed by atoms with E-state index in [0.717, 1.165) is 5.56 Å². The van der Waals surface area contributed by atoms with E-state index in [9.17, 15) is 28.2 Å². The molecule has 48 heavy (non-hydrogen) atoms. The molecule has 5 rings (SSSR count). The number of benzene rings is 5. The first kappa shape index (κ1) is 36.5. The molecule has 0 saturated heterocycles. The first-order chi connectivity index (χ1) is 22.5. The molecule has 0 heterocycles. The van der Waals surface area contributed by atoms with Crippen molar-refractivity contribution >= 4 is 39.0 Å². The van der Waals surface area contributed by atoms with Gasteiger partial charge in [-0.25, -0.2) is 8.42 Å². The Morgan fingerprint density at radius 3 is 1.33 bits per heavy atom. The molecule has 0 aliphatic heterocycles. The van der Waals surface area contributed by atoms with Crippen LogP contribution >= 0.6 is 7.26 Å². The van der Waals surface area contributed by atoms with E-state index in [0.29, 0.717) is 17.3 Å². The molecule has 1 N–H and O–H groups in total. The zero-order valence-electron chi connectivity index (χ0n) is 28.1. The summed E-state index contributed by atoms with van der Waals surface area (Å²) in [7, 11) is -6.69. The van der Waals surface area contributed by atoms with Gasteiger partial charge in [-0.05, 0) is 65.4 Å². The number of nitro benzene ring substituents is 1. The molecular formula is C39H42NO6PS. The fraction of sp³-hybridized carbons (Fsp3) is 0.231. The summed E-state index contributed by atoms with van der Waals surface area (Å²) in [5, 5.41) is 25.7. The zero-order chi connectivity index (χ0) is 35.3. The topological polar surface area (TPSA) is 121 Å². The van der Waals surface area contributed by atoms with E-state index >= 15 is 0 Å². The molecule has 0 aliphatic carbocycles. The van der Waals surface area contributed by atoms with Crippen molar-refractivity contribution in [3.05, 3.63) is 154 Å². The lowest BCUT2D eigenvalue weighted by molar-refractivity contribution is -0.385. The van der Waals surface area contributed by atoms with Gasteiger partial charge in [0.15, 0.2) is 0 Å². The second-order valence-corrected chi connectivity index (χ2v) is 18.5. The summed E-state index contributed by atoms with van der Waals surface area (Å²) in [6, 6.07) is 40.9. The fourth-order valence-corrected chi connectivity index (χ4v) is 10.5. The minimum Gasteiger partial charge on any atom is -0.744 e. The van der Waals surface area contributed by atoms with Gasteiger partial charge in [0.1, 0.15) is 45.2 Å². The van der Waals surface area contributed by atoms with Crippen LogP contribution in [0.4, 0.5) is 5.69 Å². The van der Waals surface area contributed by atoms with Gasteiger partial charge in [-0.2, -0.15) is 0 Å². The van der Waals surface area contributed by atoms with Crippen LogP contribution in [0.2, 0.25) is 0 Å². The van der Waals surface area contributed by atoms with Gasteiger partial charge in [0, 0.05) is 17.2 Å². The largest absolute Gasteiger partial charge is 0.744 e. The van der Waals surface area contributed by atoms with Gasteiger partial charge < -0.3 is 9.66 Å². The first-order valence-electron chi connectivity index (χ1n) is 15.6. The zero-order valence-corrected chi connectivity index (χ0v) is 29.8. The number of aromatic hydroxyl groups is 1. The number of nitro groups is 1. The van der Waals surface area contributed by atoms with Crippen LogP contribution in [0.3, 0.4) is 0 Å². The van der Waals surface area contributed by atoms with E-state index in [4.69, 9.17) is 0 Å². The number of nitrogens with zero attached hydrogens (tertiary/aromatic N) is 1. The number of phenols is 1. The highest BCUT2D eigenvalue weighted by atomic mass is 32.2. The molecule has 0 bridgehead atoms. The van der Waals surface area contributed by atoms with Crippen LogP contribution < -0.4 is 15.9 Å². The molecule has 0 spiro atoms. The van der Waals surface area contributed by atoms with Crippen LogP contribution in [0.25, 0.3) is 0 Å². The van der Waals surface area contributed by atoms with Gasteiger partial charge in [0.2, 0.25) is 0 Å². The van der Waals surface area contributed by atoms with Gasteiger partial charge in [0.25, 0.3) is 5.69 Å². The first-order valence-corrected chi connectivity index (χ1v) is 19.0. The second-order valence-electron chi connectivity index (χ2n) is 13.7. The maximum Gasteiger partial charge on any atom is 0.276 e. The minimum atomic E-state index is -4.55. The van der Waals surface area contributed by atoms with Crippen LogP contribution in [0.1, 0.15) is 58.2 Å². The summed E-state index contributed by atoms with van der Waals surface area (Å²) in [4.78, 5) is 11.2. The Morgan fingerprint density at radius 1 is 0.646 bits per heavy atom. The molecular weight excluding hydrogens is 641 g/mol. The molecule has 0 radical (unpaired) electrons. The van der Waals surface area contributed by atoms with Gasteiger partial charge >= 0.3 is 0 Å². The molecule has 7 nitrogen and oxygen atoms in total. The summed E-state index contributed by atoms with van der Waals surface area (Å²) in [6.07, 6.45) is 0.599. The number of para-hydroxylation sites is 1. The summed E-state index contributed by atoms with van der Waals surface area (Å²) < 4.78 is 33.8. The summed E-state index contributed by atoms with van der Waals surface area (Å²) in [6.45, 7) is 11.1. The highest BCUT2D eigenvalue weighted by molar-refractivity contribution is 7.95. The van der Waals surface area contributed by atoms with Crippen molar-refractivity contribution in [3.8, 4) is 5.75 Å². The van der Waals surface area contributed by atoms with Crippen LogP contribution in [0.5, 0.6) is 5.75 Å². The van der Waals surface area contributed by atoms with E-state index < -0.39 is 28.2 Å². The highest BCUT2D eigenvalue weighted by Gasteiger charge is 2.46. The maximum absolute atomic E-state index is 11.7. The lowest BCUT2D eigenvalue weighted by atomic mass is 9.79. The lowest BCUT2D eigenvalue weighted by Gasteiger charge is -2.28. The highest BCUT2D eigenvalue weighted by Crippen LogP contribution is 2.58. The van der Waals surface area contributed by atoms with Crippen molar-refractivity contribution in [2.75, 3.05) is 0 Å². The standard InChI is InChI=1S/C25H21NO2P.C14H22O4S/c27-26(28)25-19-11-10-12-21(25)20-29(22-13-4-1-5-14-22,23-15-6-2-7-16-23)24-17-8-3-9-18-24;1-13(2,3)10-7-9(19(16,17)18)8-11(12(10)15)14(4,5)6/h1-19H,20H2;7-8,15H,1-6H3,(H,16,17,18)/q+1;/p-1. The summed E-state index contributed by atoms with van der Waals surface area (Å²) in [5.41, 5.74) is 0.973. The third-order valence-electron chi connectivity index (χ3n) is 8.17. The second kappa shape index (κ2) is 14.4. The minimum absolute atomic E-state index is 0.0624. The van der Waals surface area contributed by atoms with Gasteiger partial charge in [0.05, 0.1) is 15.4 Å². The van der Waals surface area contributed by atoms with Crippen molar-refractivity contribution in [3.63, 3.8) is 0 Å². The van der Waals surface area contributed by atoms with Crippen LogP contribution in [0.15, 0.2) is 132 Å². The molecule has 0 aliphatic rings. The molecule has 0 fully saturated rings. The Kier molecular flexibility index (Phi) is 10.9. The van der Waals surface area contributed by atoms with E-state index in [-0.39, 0.29) is 21.3 Å². The summed E-state index contributed by atoms with van der Waals surface area (Å²) >= 11 is 0. The summed E-state index contributed by atoms with van der Waals surface area (Å²) in [5.74, 6) is 0.0624. The number of phenolic OH excluding ortho intramolecular Hbond substituents is 1. The molecule has 5 aromatic rings. The van der Waals surface area contributed by atoms with Crippen molar-refractivity contribution in [1.29, 1.82) is 0 Å². The van der Waals surface area contributed by atoms with Gasteiger partial charge in [-0.3, -0.25) is 10.1 Å². The van der Waals surface area contributed by atoms with Crippen molar-refractivity contribution in [1.82, 2.24) is 0 Å². The Morgan fingerprint density at radius 2 is 1.00 bits per heavy atom. The SMILES string of the molecule is CC(C)(C)c1cc(S(=O)(=O)[O-])cc(C(C)(C)C)c1O.O=[N+]([O-])c1ccccc1C[P+](c1ccccc1)(c1ccccc1)c1ccccc1. The van der Waals surface area contributed by atoms with Crippen LogP contribution in [0, 0.1) is 10.1 Å². The van der Waals surface area contributed by atoms with Crippen LogP contribution in [-0.2, 0) is 27.1 Å². The Bertz CT molecular complexity index is 1840. The molecule has 0 saturated carbocycles. The normalized spacial score (nSPS) is 12.1. The number of rotatable bonds is 7. The van der Waals surface area contributed by atoms with Crippen molar-refractivity contribution < 1.29 is 23.0 Å². The maximum atomic E-state index is 11.7. The number of hydrogen-bond acceptors (Lipinski definition) is 6. The molecule has 5 aromatic carbocycles. The molecule has 250 valence electrons. The average molecular weight is 684 g/mol. The van der Waals surface area contributed by atoms with Crippen LogP contribution in [-0.4, -0.2) is 23.0 Å². The third kappa shape index (κ3) is 8.19. The molecule has 0 aromatic heterocycles. The predicted molar refractivity (Wildman–Crippen MR) is 195 cm³/mol. The Labute approximate surface area is 284 Å². The van der Waals surface area contributed by atoms with E-state index in [1.807, 2.05) is 71.9 Å². The average Bonchev–Trinajstić information content (AvgIpc) is 3.04. The monoisotopic (exact) mass is 683 g/mol. The molecule has 0 unspecified atom stereocenters. The quantitative estimate of drug-likeness (QED) is 0.0804. The molecule has 0 atom stereocenters. The smallest absolute Gasteiger partial charge is 0.276 e. The van der Waals surface area contributed by atoms with Crippen molar-refractivity contribution in [2.45, 2.75) is 63.4 Å². The fourth-order valence-electron chi connectivity index (χ4n) is 5.74.